The Labute approximate surface area is 83.0 Å². The van der Waals surface area contributed by atoms with Crippen molar-refractivity contribution in [1.29, 1.82) is 0 Å². The third kappa shape index (κ3) is 1.38. The van der Waals surface area contributed by atoms with Gasteiger partial charge >= 0.3 is 5.97 Å². The van der Waals surface area contributed by atoms with Gasteiger partial charge < -0.3 is 10.1 Å². The molecule has 2 aliphatic rings. The van der Waals surface area contributed by atoms with Crippen LogP contribution >= 0.6 is 0 Å². The van der Waals surface area contributed by atoms with Crippen molar-refractivity contribution in [3.05, 3.63) is 0 Å². The zero-order valence-corrected chi connectivity index (χ0v) is 8.34. The van der Waals surface area contributed by atoms with E-state index in [1.807, 2.05) is 0 Å². The molecule has 2 rings (SSSR count). The number of hydrogen-bond donors (Lipinski definition) is 1. The van der Waals surface area contributed by atoms with Crippen LogP contribution in [-0.4, -0.2) is 25.0 Å². The molecule has 1 N–H and O–H groups in total. The lowest BCUT2D eigenvalue weighted by Crippen LogP contribution is -2.52. The minimum Gasteiger partial charge on any atom is -0.468 e. The molecular weight excluding hydrogens is 182 g/mol. The van der Waals surface area contributed by atoms with Gasteiger partial charge in [-0.1, -0.05) is 6.42 Å². The Balaban J connectivity index is 2.02. The summed E-state index contributed by atoms with van der Waals surface area (Å²) in [5.74, 6) is -0.500. The van der Waals surface area contributed by atoms with Crippen molar-refractivity contribution >= 4 is 11.9 Å². The molecule has 2 saturated carbocycles. The predicted molar refractivity (Wildman–Crippen MR) is 49.5 cm³/mol. The zero-order valence-electron chi connectivity index (χ0n) is 8.34. The molecule has 0 aliphatic heterocycles. The summed E-state index contributed by atoms with van der Waals surface area (Å²) in [6, 6.07) is 0.310. The first-order valence-electron chi connectivity index (χ1n) is 5.08. The van der Waals surface area contributed by atoms with Crippen molar-refractivity contribution in [2.45, 2.75) is 38.1 Å². The number of ether oxygens (including phenoxy) is 1. The van der Waals surface area contributed by atoms with Gasteiger partial charge in [0.1, 0.15) is 5.41 Å². The monoisotopic (exact) mass is 197 g/mol. The first kappa shape index (κ1) is 9.49. The smallest absolute Gasteiger partial charge is 0.321 e. The van der Waals surface area contributed by atoms with Crippen LogP contribution in [-0.2, 0) is 14.3 Å². The van der Waals surface area contributed by atoms with Crippen molar-refractivity contribution in [3.63, 3.8) is 0 Å². The van der Waals surface area contributed by atoms with Gasteiger partial charge in [-0.3, -0.25) is 9.59 Å². The SMILES string of the molecule is COC(=O)C1(C(=O)NC2CC2)CCC1. The normalized spacial score (nSPS) is 23.5. The lowest BCUT2D eigenvalue weighted by Gasteiger charge is -2.37. The Hall–Kier alpha value is -1.06. The van der Waals surface area contributed by atoms with Gasteiger partial charge in [-0.25, -0.2) is 0 Å². The predicted octanol–water partition coefficient (Wildman–Crippen LogP) is 0.608. The first-order valence-corrected chi connectivity index (χ1v) is 5.08. The Bertz CT molecular complexity index is 267. The molecule has 0 radical (unpaired) electrons. The molecule has 0 saturated heterocycles. The number of rotatable bonds is 3. The van der Waals surface area contributed by atoms with Crippen LogP contribution in [0.25, 0.3) is 0 Å². The second-order valence-electron chi connectivity index (χ2n) is 4.17. The molecular formula is C10H15NO3. The first-order chi connectivity index (χ1) is 6.69. The topological polar surface area (TPSA) is 55.4 Å². The van der Waals surface area contributed by atoms with Crippen molar-refractivity contribution < 1.29 is 14.3 Å². The molecule has 0 atom stereocenters. The van der Waals surface area contributed by atoms with E-state index in [2.05, 4.69) is 10.1 Å². The minimum absolute atomic E-state index is 0.127. The number of carbonyl (C=O) groups is 2. The van der Waals surface area contributed by atoms with Gasteiger partial charge in [0.05, 0.1) is 7.11 Å². The highest BCUT2D eigenvalue weighted by atomic mass is 16.5. The summed E-state index contributed by atoms with van der Waals surface area (Å²) in [4.78, 5) is 23.3. The highest BCUT2D eigenvalue weighted by molar-refractivity contribution is 6.03. The lowest BCUT2D eigenvalue weighted by atomic mass is 9.68. The molecule has 1 amide bonds. The Morgan fingerprint density at radius 2 is 2.00 bits per heavy atom. The maximum absolute atomic E-state index is 11.8. The highest BCUT2D eigenvalue weighted by Gasteiger charge is 2.52. The third-order valence-corrected chi connectivity index (χ3v) is 3.13. The van der Waals surface area contributed by atoms with Gasteiger partial charge in [0, 0.05) is 6.04 Å². The van der Waals surface area contributed by atoms with Crippen LogP contribution in [0.1, 0.15) is 32.1 Å². The summed E-state index contributed by atoms with van der Waals surface area (Å²) in [5, 5.41) is 2.87. The van der Waals surface area contributed by atoms with Gasteiger partial charge in [0.25, 0.3) is 0 Å². The Morgan fingerprint density at radius 3 is 2.36 bits per heavy atom. The van der Waals surface area contributed by atoms with Crippen LogP contribution in [0.5, 0.6) is 0 Å². The molecule has 4 nitrogen and oxygen atoms in total. The van der Waals surface area contributed by atoms with Crippen molar-refractivity contribution in [1.82, 2.24) is 5.32 Å². The quantitative estimate of drug-likeness (QED) is 0.532. The fourth-order valence-corrected chi connectivity index (χ4v) is 1.80. The van der Waals surface area contributed by atoms with E-state index in [4.69, 9.17) is 0 Å². The van der Waals surface area contributed by atoms with Gasteiger partial charge in [-0.05, 0) is 25.7 Å². The van der Waals surface area contributed by atoms with Gasteiger partial charge in [-0.2, -0.15) is 0 Å². The maximum atomic E-state index is 11.8. The average molecular weight is 197 g/mol. The van der Waals surface area contributed by atoms with E-state index in [1.54, 1.807) is 0 Å². The molecule has 4 heteroatoms. The van der Waals surface area contributed by atoms with E-state index >= 15 is 0 Å². The molecule has 0 bridgehead atoms. The number of carbonyl (C=O) groups excluding carboxylic acids is 2. The fourth-order valence-electron chi connectivity index (χ4n) is 1.80. The van der Waals surface area contributed by atoms with E-state index in [9.17, 15) is 9.59 Å². The number of amides is 1. The molecule has 0 aromatic carbocycles. The summed E-state index contributed by atoms with van der Waals surface area (Å²) in [6.45, 7) is 0. The second kappa shape index (κ2) is 3.26. The number of esters is 1. The van der Waals surface area contributed by atoms with Gasteiger partial charge in [-0.15, -0.1) is 0 Å². The van der Waals surface area contributed by atoms with E-state index in [0.29, 0.717) is 18.9 Å². The lowest BCUT2D eigenvalue weighted by molar-refractivity contribution is -0.165. The summed E-state index contributed by atoms with van der Waals surface area (Å²) in [7, 11) is 1.34. The molecule has 0 aromatic rings. The fraction of sp³-hybridized carbons (Fsp3) is 0.800. The minimum atomic E-state index is -0.850. The zero-order chi connectivity index (χ0) is 10.2. The Kier molecular flexibility index (Phi) is 2.21. The number of hydrogen-bond acceptors (Lipinski definition) is 3. The third-order valence-electron chi connectivity index (χ3n) is 3.13. The summed E-state index contributed by atoms with van der Waals surface area (Å²) in [6.07, 6.45) is 4.30. The van der Waals surface area contributed by atoms with Crippen molar-refractivity contribution in [3.8, 4) is 0 Å². The van der Waals surface area contributed by atoms with Gasteiger partial charge in [0.15, 0.2) is 0 Å². The molecule has 78 valence electrons. The van der Waals surface area contributed by atoms with E-state index < -0.39 is 5.41 Å². The molecule has 2 fully saturated rings. The average Bonchev–Trinajstić information content (AvgIpc) is 2.85. The van der Waals surface area contributed by atoms with Crippen LogP contribution in [0.4, 0.5) is 0 Å². The summed E-state index contributed by atoms with van der Waals surface area (Å²) >= 11 is 0. The van der Waals surface area contributed by atoms with Gasteiger partial charge in [0.2, 0.25) is 5.91 Å². The summed E-state index contributed by atoms with van der Waals surface area (Å²) < 4.78 is 4.68. The molecule has 0 heterocycles. The van der Waals surface area contributed by atoms with Crippen molar-refractivity contribution in [2.75, 3.05) is 7.11 Å². The molecule has 0 unspecified atom stereocenters. The molecule has 0 spiro atoms. The molecule has 14 heavy (non-hydrogen) atoms. The maximum Gasteiger partial charge on any atom is 0.321 e. The standard InChI is InChI=1S/C10H15NO3/c1-14-9(13)10(5-2-6-10)8(12)11-7-3-4-7/h7H,2-6H2,1H3,(H,11,12). The van der Waals surface area contributed by atoms with E-state index in [-0.39, 0.29) is 11.9 Å². The Morgan fingerprint density at radius 1 is 1.36 bits per heavy atom. The number of nitrogens with one attached hydrogen (secondary N) is 1. The van der Waals surface area contributed by atoms with Crippen LogP contribution in [0.3, 0.4) is 0 Å². The van der Waals surface area contributed by atoms with Crippen LogP contribution in [0.15, 0.2) is 0 Å². The van der Waals surface area contributed by atoms with Crippen LogP contribution in [0, 0.1) is 5.41 Å². The van der Waals surface area contributed by atoms with E-state index in [0.717, 1.165) is 19.3 Å². The summed E-state index contributed by atoms with van der Waals surface area (Å²) in [5.41, 5.74) is -0.850. The second-order valence-corrected chi connectivity index (χ2v) is 4.17. The van der Waals surface area contributed by atoms with Crippen LogP contribution in [0.2, 0.25) is 0 Å². The number of methoxy groups -OCH3 is 1. The molecule has 0 aromatic heterocycles. The van der Waals surface area contributed by atoms with E-state index in [1.165, 1.54) is 7.11 Å². The van der Waals surface area contributed by atoms with Crippen LogP contribution < -0.4 is 5.32 Å². The highest BCUT2D eigenvalue weighted by Crippen LogP contribution is 2.42. The largest absolute Gasteiger partial charge is 0.468 e. The molecule has 2 aliphatic carbocycles. The van der Waals surface area contributed by atoms with Crippen molar-refractivity contribution in [2.24, 2.45) is 5.41 Å².